The molecule has 0 radical (unpaired) electrons. The Bertz CT molecular complexity index is 635. The highest BCUT2D eigenvalue weighted by molar-refractivity contribution is 9.10. The standard InChI is InChI=1S/C18H20BrNO/c1-13-9-10-14(11-16(13)19)17(21)20-12-18(2,3)15-7-5-4-6-8-15/h4-11H,12H2,1-3H3,(H,20,21). The summed E-state index contributed by atoms with van der Waals surface area (Å²) in [7, 11) is 0. The number of amides is 1. The zero-order valence-electron chi connectivity index (χ0n) is 12.6. The first-order valence-corrected chi connectivity index (χ1v) is 7.79. The first-order valence-electron chi connectivity index (χ1n) is 7.00. The predicted molar refractivity (Wildman–Crippen MR) is 90.7 cm³/mol. The lowest BCUT2D eigenvalue weighted by Crippen LogP contribution is -2.36. The van der Waals surface area contributed by atoms with Crippen molar-refractivity contribution < 1.29 is 4.79 Å². The maximum Gasteiger partial charge on any atom is 0.251 e. The number of nitrogens with one attached hydrogen (secondary N) is 1. The monoisotopic (exact) mass is 345 g/mol. The first-order chi connectivity index (χ1) is 9.90. The molecule has 1 amide bonds. The fraction of sp³-hybridized carbons (Fsp3) is 0.278. The van der Waals surface area contributed by atoms with E-state index in [1.54, 1.807) is 0 Å². The van der Waals surface area contributed by atoms with Crippen LogP contribution < -0.4 is 5.32 Å². The Morgan fingerprint density at radius 3 is 2.43 bits per heavy atom. The Hall–Kier alpha value is -1.61. The minimum absolute atomic E-state index is 0.0419. The van der Waals surface area contributed by atoms with Crippen molar-refractivity contribution in [2.24, 2.45) is 0 Å². The summed E-state index contributed by atoms with van der Waals surface area (Å²) in [5.74, 6) is -0.0419. The number of carbonyl (C=O) groups excluding carboxylic acids is 1. The van der Waals surface area contributed by atoms with Crippen molar-refractivity contribution in [2.75, 3.05) is 6.54 Å². The van der Waals surface area contributed by atoms with Crippen molar-refractivity contribution in [3.63, 3.8) is 0 Å². The second-order valence-corrected chi connectivity index (χ2v) is 6.75. The van der Waals surface area contributed by atoms with Gasteiger partial charge in [0.1, 0.15) is 0 Å². The van der Waals surface area contributed by atoms with Gasteiger partial charge in [0.05, 0.1) is 0 Å². The van der Waals surface area contributed by atoms with Gasteiger partial charge >= 0.3 is 0 Å². The third kappa shape index (κ3) is 3.94. The van der Waals surface area contributed by atoms with Gasteiger partial charge in [0.25, 0.3) is 5.91 Å². The molecule has 0 saturated carbocycles. The number of hydrogen-bond donors (Lipinski definition) is 1. The van der Waals surface area contributed by atoms with Crippen molar-refractivity contribution >= 4 is 21.8 Å². The van der Waals surface area contributed by atoms with Crippen molar-refractivity contribution in [3.8, 4) is 0 Å². The lowest BCUT2D eigenvalue weighted by molar-refractivity contribution is 0.0945. The van der Waals surface area contributed by atoms with Crippen LogP contribution in [0.1, 0.15) is 35.3 Å². The van der Waals surface area contributed by atoms with E-state index in [0.29, 0.717) is 12.1 Å². The fourth-order valence-corrected chi connectivity index (χ4v) is 2.51. The highest BCUT2D eigenvalue weighted by Gasteiger charge is 2.21. The summed E-state index contributed by atoms with van der Waals surface area (Å²) in [5.41, 5.74) is 2.92. The molecule has 0 unspecified atom stereocenters. The quantitative estimate of drug-likeness (QED) is 0.870. The molecule has 2 aromatic carbocycles. The summed E-state index contributed by atoms with van der Waals surface area (Å²) in [5, 5.41) is 3.02. The van der Waals surface area contributed by atoms with Gasteiger partial charge in [0, 0.05) is 22.0 Å². The van der Waals surface area contributed by atoms with Crippen molar-refractivity contribution in [1.29, 1.82) is 0 Å². The topological polar surface area (TPSA) is 29.1 Å². The zero-order chi connectivity index (χ0) is 15.5. The molecule has 0 fully saturated rings. The van der Waals surface area contributed by atoms with Crippen molar-refractivity contribution in [2.45, 2.75) is 26.2 Å². The predicted octanol–water partition coefficient (Wildman–Crippen LogP) is 4.47. The fourth-order valence-electron chi connectivity index (χ4n) is 2.13. The number of hydrogen-bond acceptors (Lipinski definition) is 1. The largest absolute Gasteiger partial charge is 0.351 e. The van der Waals surface area contributed by atoms with Gasteiger partial charge in [-0.1, -0.05) is 66.2 Å². The van der Waals surface area contributed by atoms with E-state index in [9.17, 15) is 4.79 Å². The molecule has 2 nitrogen and oxygen atoms in total. The lowest BCUT2D eigenvalue weighted by Gasteiger charge is -2.25. The number of halogens is 1. The molecule has 0 spiro atoms. The Morgan fingerprint density at radius 1 is 1.14 bits per heavy atom. The number of carbonyl (C=O) groups is 1. The third-order valence-corrected chi connectivity index (χ3v) is 4.53. The van der Waals surface area contributed by atoms with Gasteiger partial charge in [-0.15, -0.1) is 0 Å². The third-order valence-electron chi connectivity index (χ3n) is 3.68. The van der Waals surface area contributed by atoms with Gasteiger partial charge < -0.3 is 5.32 Å². The van der Waals surface area contributed by atoms with E-state index in [4.69, 9.17) is 0 Å². The highest BCUT2D eigenvalue weighted by atomic mass is 79.9. The van der Waals surface area contributed by atoms with Crippen LogP contribution >= 0.6 is 15.9 Å². The van der Waals surface area contributed by atoms with Crippen LogP contribution in [0, 0.1) is 6.92 Å². The molecule has 0 bridgehead atoms. The molecule has 2 aromatic rings. The molecule has 2 rings (SSSR count). The summed E-state index contributed by atoms with van der Waals surface area (Å²) >= 11 is 3.46. The second-order valence-electron chi connectivity index (χ2n) is 5.90. The summed E-state index contributed by atoms with van der Waals surface area (Å²) in [4.78, 5) is 12.3. The van der Waals surface area contributed by atoms with Crippen LogP contribution in [-0.2, 0) is 5.41 Å². The molecule has 0 aliphatic carbocycles. The van der Waals surface area contributed by atoms with Crippen molar-refractivity contribution in [1.82, 2.24) is 5.32 Å². The zero-order valence-corrected chi connectivity index (χ0v) is 14.2. The second kappa shape index (κ2) is 6.44. The first kappa shape index (κ1) is 15.8. The van der Waals surface area contributed by atoms with Crippen LogP contribution in [0.3, 0.4) is 0 Å². The minimum Gasteiger partial charge on any atom is -0.351 e. The molecule has 0 heterocycles. The van der Waals surface area contributed by atoms with Crippen molar-refractivity contribution in [3.05, 3.63) is 69.7 Å². The van der Waals surface area contributed by atoms with Crippen LogP contribution in [0.25, 0.3) is 0 Å². The van der Waals surface area contributed by atoms with E-state index in [2.05, 4.69) is 47.2 Å². The Balaban J connectivity index is 2.05. The summed E-state index contributed by atoms with van der Waals surface area (Å²) in [6.07, 6.45) is 0. The summed E-state index contributed by atoms with van der Waals surface area (Å²) in [6.45, 7) is 6.87. The summed E-state index contributed by atoms with van der Waals surface area (Å²) < 4.78 is 0.956. The maximum absolute atomic E-state index is 12.3. The van der Waals surface area contributed by atoms with Crippen LogP contribution in [0.4, 0.5) is 0 Å². The van der Waals surface area contributed by atoms with Gasteiger partial charge in [0.2, 0.25) is 0 Å². The SMILES string of the molecule is Cc1ccc(C(=O)NCC(C)(C)c2ccccc2)cc1Br. The molecular weight excluding hydrogens is 326 g/mol. The van der Waals surface area contributed by atoms with Gasteiger partial charge in [-0.25, -0.2) is 0 Å². The van der Waals surface area contributed by atoms with Crippen LogP contribution in [-0.4, -0.2) is 12.5 Å². The van der Waals surface area contributed by atoms with Crippen LogP contribution in [0.15, 0.2) is 53.0 Å². The molecule has 3 heteroatoms. The van der Waals surface area contributed by atoms with Gasteiger partial charge in [-0.05, 0) is 30.2 Å². The lowest BCUT2D eigenvalue weighted by atomic mass is 9.84. The molecular formula is C18H20BrNO. The number of rotatable bonds is 4. The Labute approximate surface area is 134 Å². The van der Waals surface area contributed by atoms with E-state index in [0.717, 1.165) is 10.0 Å². The molecule has 0 aromatic heterocycles. The van der Waals surface area contributed by atoms with Gasteiger partial charge in [-0.2, -0.15) is 0 Å². The van der Waals surface area contributed by atoms with E-state index in [1.165, 1.54) is 5.56 Å². The smallest absolute Gasteiger partial charge is 0.251 e. The molecule has 0 aliphatic heterocycles. The van der Waals surface area contributed by atoms with Crippen LogP contribution in [0.2, 0.25) is 0 Å². The molecule has 0 atom stereocenters. The molecule has 21 heavy (non-hydrogen) atoms. The van der Waals surface area contributed by atoms with E-state index >= 15 is 0 Å². The number of benzene rings is 2. The van der Waals surface area contributed by atoms with E-state index in [1.807, 2.05) is 43.3 Å². The Kier molecular flexibility index (Phi) is 4.84. The molecule has 1 N–H and O–H groups in total. The highest BCUT2D eigenvalue weighted by Crippen LogP contribution is 2.22. The average molecular weight is 346 g/mol. The average Bonchev–Trinajstić information content (AvgIpc) is 2.48. The molecule has 110 valence electrons. The van der Waals surface area contributed by atoms with Gasteiger partial charge in [0.15, 0.2) is 0 Å². The normalized spacial score (nSPS) is 11.2. The minimum atomic E-state index is -0.0984. The van der Waals surface area contributed by atoms with E-state index in [-0.39, 0.29) is 11.3 Å². The number of aryl methyl sites for hydroxylation is 1. The Morgan fingerprint density at radius 2 is 1.81 bits per heavy atom. The molecule has 0 saturated heterocycles. The van der Waals surface area contributed by atoms with Crippen LogP contribution in [0.5, 0.6) is 0 Å². The van der Waals surface area contributed by atoms with E-state index < -0.39 is 0 Å². The molecule has 0 aliphatic rings. The maximum atomic E-state index is 12.3. The summed E-state index contributed by atoms with van der Waals surface area (Å²) in [6, 6.07) is 15.9. The van der Waals surface area contributed by atoms with Gasteiger partial charge in [-0.3, -0.25) is 4.79 Å².